The van der Waals surface area contributed by atoms with E-state index in [9.17, 15) is 4.79 Å². The van der Waals surface area contributed by atoms with Crippen LogP contribution in [0.25, 0.3) is 11.0 Å². The molecule has 5 heteroatoms. The summed E-state index contributed by atoms with van der Waals surface area (Å²) < 4.78 is 0. The van der Waals surface area contributed by atoms with Crippen molar-refractivity contribution < 1.29 is 0 Å². The number of hydrogen-bond donors (Lipinski definition) is 1. The Morgan fingerprint density at radius 1 is 1.36 bits per heavy atom. The lowest BCUT2D eigenvalue weighted by molar-refractivity contribution is 0.955. The molecule has 0 unspecified atom stereocenters. The van der Waals surface area contributed by atoms with Crippen LogP contribution in [-0.4, -0.2) is 20.4 Å². The molecule has 0 atom stereocenters. The van der Waals surface area contributed by atoms with Crippen molar-refractivity contribution in [1.82, 2.24) is 20.4 Å². The first-order chi connectivity index (χ1) is 5.38. The van der Waals surface area contributed by atoms with Crippen LogP contribution < -0.4 is 5.56 Å². The molecule has 0 saturated carbocycles. The van der Waals surface area contributed by atoms with Crippen molar-refractivity contribution in [3.63, 3.8) is 0 Å². The predicted molar refractivity (Wildman–Crippen MR) is 38.0 cm³/mol. The molecule has 0 saturated heterocycles. The van der Waals surface area contributed by atoms with E-state index < -0.39 is 0 Å². The number of nitrogens with one attached hydrogen (secondary N) is 1. The van der Waals surface area contributed by atoms with E-state index in [-0.39, 0.29) is 11.1 Å². The summed E-state index contributed by atoms with van der Waals surface area (Å²) in [5.41, 5.74) is 0.446. The normalized spacial score (nSPS) is 10.2. The minimum atomic E-state index is -0.362. The van der Waals surface area contributed by atoms with Crippen molar-refractivity contribution in [3.8, 4) is 0 Å². The molecule has 0 bridgehead atoms. The van der Waals surface area contributed by atoms with E-state index in [1.165, 1.54) is 6.20 Å². The first-order valence-corrected chi connectivity index (χ1v) is 3.04. The second-order valence-corrected chi connectivity index (χ2v) is 2.00. The van der Waals surface area contributed by atoms with Crippen molar-refractivity contribution in [3.05, 3.63) is 28.7 Å². The van der Waals surface area contributed by atoms with Crippen LogP contribution in [0.5, 0.6) is 0 Å². The Morgan fingerprint density at radius 2 is 2.27 bits per heavy atom. The van der Waals surface area contributed by atoms with Crippen LogP contribution >= 0.6 is 0 Å². The lowest BCUT2D eigenvalue weighted by Gasteiger charge is -1.67. The maximum absolute atomic E-state index is 11.0. The largest absolute Gasteiger partial charge is 0.299 e. The summed E-state index contributed by atoms with van der Waals surface area (Å²) in [7, 11) is 0. The summed E-state index contributed by atoms with van der Waals surface area (Å²) >= 11 is 0. The minimum Gasteiger partial charge on any atom is -0.265 e. The Kier molecular flexibility index (Phi) is 1.15. The summed E-state index contributed by atoms with van der Waals surface area (Å²) in [6, 6.07) is 3.32. The van der Waals surface area contributed by atoms with Gasteiger partial charge in [-0.25, -0.2) is 4.98 Å². The highest BCUT2D eigenvalue weighted by molar-refractivity contribution is 5.70. The zero-order valence-electron chi connectivity index (χ0n) is 5.48. The lowest BCUT2D eigenvalue weighted by Crippen LogP contribution is -2.00. The number of nitrogens with zero attached hydrogens (tertiary/aromatic N) is 3. The SMILES string of the molecule is O=c1ncccc2n[nH]nc12. The number of hydrogen-bond acceptors (Lipinski definition) is 4. The smallest absolute Gasteiger partial charge is 0.265 e. The van der Waals surface area contributed by atoms with Gasteiger partial charge in [0.25, 0.3) is 5.56 Å². The minimum absolute atomic E-state index is 0.273. The van der Waals surface area contributed by atoms with E-state index in [1.807, 2.05) is 0 Å². The highest BCUT2D eigenvalue weighted by Gasteiger charge is 1.98. The molecule has 0 fully saturated rings. The van der Waals surface area contributed by atoms with Gasteiger partial charge in [-0.05, 0) is 12.1 Å². The van der Waals surface area contributed by atoms with Gasteiger partial charge in [0, 0.05) is 6.20 Å². The molecule has 1 N–H and O–H groups in total. The van der Waals surface area contributed by atoms with Crippen molar-refractivity contribution in [2.75, 3.05) is 0 Å². The molecule has 0 aliphatic carbocycles. The molecule has 0 amide bonds. The number of H-pyrrole nitrogens is 1. The average Bonchev–Trinajstić information content (AvgIpc) is 2.40. The molecule has 0 aromatic carbocycles. The zero-order valence-corrected chi connectivity index (χ0v) is 5.48. The van der Waals surface area contributed by atoms with Gasteiger partial charge in [0.1, 0.15) is 5.52 Å². The van der Waals surface area contributed by atoms with Gasteiger partial charge in [-0.15, -0.1) is 0 Å². The standard InChI is InChI=1S/C6H4N4O/c11-6-5-4(8-10-9-5)2-1-3-7-6/h1-3H,(H,8,9,10). The van der Waals surface area contributed by atoms with Crippen LogP contribution in [0.2, 0.25) is 0 Å². The number of fused-ring (bicyclic) bond motifs is 1. The monoisotopic (exact) mass is 148 g/mol. The van der Waals surface area contributed by atoms with Gasteiger partial charge in [-0.1, -0.05) is 0 Å². The van der Waals surface area contributed by atoms with Crippen LogP contribution in [0.4, 0.5) is 0 Å². The summed E-state index contributed by atoms with van der Waals surface area (Å²) in [4.78, 5) is 14.6. The van der Waals surface area contributed by atoms with E-state index in [2.05, 4.69) is 20.4 Å². The third kappa shape index (κ3) is 0.861. The van der Waals surface area contributed by atoms with E-state index in [0.717, 1.165) is 0 Å². The molecule has 0 spiro atoms. The molecular formula is C6H4N4O. The average molecular weight is 148 g/mol. The van der Waals surface area contributed by atoms with Gasteiger partial charge in [0.2, 0.25) is 0 Å². The maximum atomic E-state index is 11.0. The van der Waals surface area contributed by atoms with Gasteiger partial charge in [0.15, 0.2) is 5.52 Å². The molecule has 2 heterocycles. The summed E-state index contributed by atoms with van der Waals surface area (Å²) in [6.07, 6.45) is 1.42. The van der Waals surface area contributed by atoms with Crippen LogP contribution in [0.3, 0.4) is 0 Å². The highest BCUT2D eigenvalue weighted by Crippen LogP contribution is 1.96. The zero-order chi connectivity index (χ0) is 7.68. The lowest BCUT2D eigenvalue weighted by atomic mass is 10.4. The fourth-order valence-electron chi connectivity index (χ4n) is 0.819. The Bertz CT molecular complexity index is 436. The fourth-order valence-corrected chi connectivity index (χ4v) is 0.819. The second-order valence-electron chi connectivity index (χ2n) is 2.00. The molecule has 5 nitrogen and oxygen atoms in total. The molecule has 0 radical (unpaired) electrons. The Morgan fingerprint density at radius 3 is 3.18 bits per heavy atom. The van der Waals surface area contributed by atoms with Crippen LogP contribution in [0, 0.1) is 0 Å². The Balaban J connectivity index is 3.09. The summed E-state index contributed by atoms with van der Waals surface area (Å²) in [6.45, 7) is 0. The van der Waals surface area contributed by atoms with Crippen LogP contribution in [-0.2, 0) is 0 Å². The first-order valence-electron chi connectivity index (χ1n) is 3.04. The Labute approximate surface area is 61.1 Å². The molecule has 11 heavy (non-hydrogen) atoms. The van der Waals surface area contributed by atoms with Crippen molar-refractivity contribution in [2.45, 2.75) is 0 Å². The molecule has 2 rings (SSSR count). The number of aromatic nitrogens is 4. The van der Waals surface area contributed by atoms with Gasteiger partial charge >= 0.3 is 0 Å². The van der Waals surface area contributed by atoms with Crippen molar-refractivity contribution in [1.29, 1.82) is 0 Å². The summed E-state index contributed by atoms with van der Waals surface area (Å²) in [5.74, 6) is 0. The molecule has 2 aromatic rings. The molecular weight excluding hydrogens is 144 g/mol. The summed E-state index contributed by atoms with van der Waals surface area (Å²) in [5, 5.41) is 9.74. The van der Waals surface area contributed by atoms with Crippen molar-refractivity contribution >= 4 is 11.0 Å². The van der Waals surface area contributed by atoms with Crippen LogP contribution in [0.15, 0.2) is 23.1 Å². The van der Waals surface area contributed by atoms with Gasteiger partial charge < -0.3 is 0 Å². The molecule has 0 aliphatic rings. The topological polar surface area (TPSA) is 71.5 Å². The van der Waals surface area contributed by atoms with E-state index in [1.54, 1.807) is 12.1 Å². The number of aromatic amines is 1. The van der Waals surface area contributed by atoms with Gasteiger partial charge in [-0.2, -0.15) is 15.4 Å². The van der Waals surface area contributed by atoms with E-state index in [0.29, 0.717) is 5.52 Å². The van der Waals surface area contributed by atoms with Crippen molar-refractivity contribution in [2.24, 2.45) is 0 Å². The van der Waals surface area contributed by atoms with E-state index >= 15 is 0 Å². The Hall–Kier alpha value is -1.78. The molecule has 0 aliphatic heterocycles. The first kappa shape index (κ1) is 5.96. The third-order valence-corrected chi connectivity index (χ3v) is 1.31. The maximum Gasteiger partial charge on any atom is 0.299 e. The third-order valence-electron chi connectivity index (χ3n) is 1.31. The molecule has 2 aromatic heterocycles. The quantitative estimate of drug-likeness (QED) is 0.557. The van der Waals surface area contributed by atoms with E-state index in [4.69, 9.17) is 0 Å². The van der Waals surface area contributed by atoms with Gasteiger partial charge in [-0.3, -0.25) is 4.79 Å². The highest BCUT2D eigenvalue weighted by atomic mass is 16.1. The number of rotatable bonds is 0. The van der Waals surface area contributed by atoms with Gasteiger partial charge in [0.05, 0.1) is 0 Å². The fraction of sp³-hybridized carbons (Fsp3) is 0. The van der Waals surface area contributed by atoms with Crippen LogP contribution in [0.1, 0.15) is 0 Å². The molecule has 54 valence electrons. The second kappa shape index (κ2) is 2.12. The predicted octanol–water partition coefficient (Wildman–Crippen LogP) is -0.287.